The maximum absolute atomic E-state index is 13.1. The Bertz CT molecular complexity index is 988. The molecule has 0 radical (unpaired) electrons. The van der Waals surface area contributed by atoms with Crippen molar-refractivity contribution in [3.05, 3.63) is 72.3 Å². The molecule has 1 aromatic heterocycles. The highest BCUT2D eigenvalue weighted by atomic mass is 19.1. The molecule has 0 aliphatic heterocycles. The Labute approximate surface area is 181 Å². The Kier molecular flexibility index (Phi) is 7.86. The van der Waals surface area contributed by atoms with Crippen molar-refractivity contribution < 1.29 is 13.9 Å². The Morgan fingerprint density at radius 2 is 1.84 bits per heavy atom. The Morgan fingerprint density at radius 3 is 2.55 bits per heavy atom. The quantitative estimate of drug-likeness (QED) is 0.407. The van der Waals surface area contributed by atoms with Crippen LogP contribution in [0.4, 0.5) is 4.39 Å². The molecule has 0 aliphatic carbocycles. The van der Waals surface area contributed by atoms with Gasteiger partial charge in [-0.15, -0.1) is 0 Å². The molecular formula is C23H28FN5O2. The Hall–Kier alpha value is -3.55. The van der Waals surface area contributed by atoms with Crippen LogP contribution in [0.3, 0.4) is 0 Å². The number of halogens is 1. The van der Waals surface area contributed by atoms with Crippen LogP contribution in [0.1, 0.15) is 12.6 Å². The first kappa shape index (κ1) is 22.1. The molecule has 164 valence electrons. The number of nitrogens with one attached hydrogen (secondary N) is 2. The van der Waals surface area contributed by atoms with E-state index < -0.39 is 0 Å². The number of para-hydroxylation sites is 2. The second-order valence-electron chi connectivity index (χ2n) is 6.94. The fourth-order valence-electron chi connectivity index (χ4n) is 2.98. The van der Waals surface area contributed by atoms with Gasteiger partial charge >= 0.3 is 0 Å². The summed E-state index contributed by atoms with van der Waals surface area (Å²) in [5.41, 5.74) is 1.75. The van der Waals surface area contributed by atoms with Crippen molar-refractivity contribution in [1.29, 1.82) is 0 Å². The molecule has 2 aromatic carbocycles. The van der Waals surface area contributed by atoms with Crippen molar-refractivity contribution in [3.8, 4) is 17.2 Å². The first-order valence-corrected chi connectivity index (χ1v) is 10.1. The average Bonchev–Trinajstić information content (AvgIpc) is 3.26. The van der Waals surface area contributed by atoms with Crippen LogP contribution in [-0.4, -0.2) is 49.1 Å². The maximum atomic E-state index is 13.1. The lowest BCUT2D eigenvalue weighted by atomic mass is 10.3. The predicted molar refractivity (Wildman–Crippen MR) is 120 cm³/mol. The van der Waals surface area contributed by atoms with Crippen molar-refractivity contribution in [2.45, 2.75) is 19.4 Å². The molecule has 1 atom stereocenters. The summed E-state index contributed by atoms with van der Waals surface area (Å²) in [5.74, 6) is 1.84. The normalized spacial score (nSPS) is 12.3. The summed E-state index contributed by atoms with van der Waals surface area (Å²) in [6.07, 6.45) is 2.51. The summed E-state index contributed by atoms with van der Waals surface area (Å²) in [6, 6.07) is 15.8. The molecule has 0 saturated heterocycles. The summed E-state index contributed by atoms with van der Waals surface area (Å²) >= 11 is 0. The van der Waals surface area contributed by atoms with Gasteiger partial charge in [-0.25, -0.2) is 9.07 Å². The van der Waals surface area contributed by atoms with Crippen molar-refractivity contribution in [3.63, 3.8) is 0 Å². The van der Waals surface area contributed by atoms with Crippen LogP contribution in [0.15, 0.2) is 65.8 Å². The number of hydrogen-bond donors (Lipinski definition) is 2. The van der Waals surface area contributed by atoms with E-state index in [1.807, 2.05) is 43.5 Å². The standard InChI is InChI=1S/C23H28FN5O2/c1-17(31-22-7-5-4-6-21(22)30-3)16-27-23(25-2)26-14-12-19-13-15-29(28-19)20-10-8-18(24)9-11-20/h4-11,13,15,17H,12,14,16H2,1-3H3,(H2,25,26,27). The van der Waals surface area contributed by atoms with E-state index in [9.17, 15) is 4.39 Å². The van der Waals surface area contributed by atoms with Crippen molar-refractivity contribution >= 4 is 5.96 Å². The SMILES string of the molecule is CN=C(NCCc1ccn(-c2ccc(F)cc2)n1)NCC(C)Oc1ccccc1OC. The average molecular weight is 426 g/mol. The highest BCUT2D eigenvalue weighted by Crippen LogP contribution is 2.26. The van der Waals surface area contributed by atoms with Gasteiger partial charge in [-0.05, 0) is 49.4 Å². The predicted octanol–water partition coefficient (Wildman–Crippen LogP) is 3.20. The van der Waals surface area contributed by atoms with Gasteiger partial charge in [0, 0.05) is 26.2 Å². The summed E-state index contributed by atoms with van der Waals surface area (Å²) in [7, 11) is 3.35. The number of nitrogens with zero attached hydrogens (tertiary/aromatic N) is 3. The van der Waals surface area contributed by atoms with Gasteiger partial charge in [0.1, 0.15) is 11.9 Å². The fraction of sp³-hybridized carbons (Fsp3) is 0.304. The molecule has 1 heterocycles. The smallest absolute Gasteiger partial charge is 0.191 e. The maximum Gasteiger partial charge on any atom is 0.191 e. The van der Waals surface area contributed by atoms with Gasteiger partial charge < -0.3 is 20.1 Å². The molecule has 3 aromatic rings. The molecular weight excluding hydrogens is 397 g/mol. The van der Waals surface area contributed by atoms with Gasteiger partial charge in [0.2, 0.25) is 0 Å². The van der Waals surface area contributed by atoms with E-state index in [0.717, 1.165) is 17.8 Å². The largest absolute Gasteiger partial charge is 0.493 e. The molecule has 1 unspecified atom stereocenters. The number of hydrogen-bond acceptors (Lipinski definition) is 4. The van der Waals surface area contributed by atoms with Crippen LogP contribution in [0, 0.1) is 5.82 Å². The number of rotatable bonds is 9. The molecule has 3 rings (SSSR count). The van der Waals surface area contributed by atoms with Gasteiger partial charge in [-0.2, -0.15) is 5.10 Å². The van der Waals surface area contributed by atoms with Crippen LogP contribution in [0.2, 0.25) is 0 Å². The van der Waals surface area contributed by atoms with Gasteiger partial charge in [0.05, 0.1) is 25.0 Å². The third-order valence-electron chi connectivity index (χ3n) is 4.59. The van der Waals surface area contributed by atoms with E-state index in [1.165, 1.54) is 12.1 Å². The monoisotopic (exact) mass is 425 g/mol. The zero-order valence-corrected chi connectivity index (χ0v) is 18.0. The lowest BCUT2D eigenvalue weighted by Gasteiger charge is -2.19. The highest BCUT2D eigenvalue weighted by Gasteiger charge is 2.09. The number of methoxy groups -OCH3 is 1. The van der Waals surface area contributed by atoms with Gasteiger partial charge in [-0.1, -0.05) is 12.1 Å². The summed E-state index contributed by atoms with van der Waals surface area (Å²) in [4.78, 5) is 4.25. The number of benzene rings is 2. The number of ether oxygens (including phenoxy) is 2. The van der Waals surface area contributed by atoms with E-state index in [4.69, 9.17) is 9.47 Å². The number of aromatic nitrogens is 2. The van der Waals surface area contributed by atoms with E-state index >= 15 is 0 Å². The van der Waals surface area contributed by atoms with E-state index in [-0.39, 0.29) is 11.9 Å². The summed E-state index contributed by atoms with van der Waals surface area (Å²) < 4.78 is 26.1. The van der Waals surface area contributed by atoms with Gasteiger partial charge in [0.25, 0.3) is 0 Å². The summed E-state index contributed by atoms with van der Waals surface area (Å²) in [6.45, 7) is 3.23. The highest BCUT2D eigenvalue weighted by molar-refractivity contribution is 5.79. The van der Waals surface area contributed by atoms with E-state index in [1.54, 1.807) is 31.0 Å². The lowest BCUT2D eigenvalue weighted by molar-refractivity contribution is 0.213. The summed E-state index contributed by atoms with van der Waals surface area (Å²) in [5, 5.41) is 11.1. The Balaban J connectivity index is 1.43. The minimum Gasteiger partial charge on any atom is -0.493 e. The van der Waals surface area contributed by atoms with E-state index in [2.05, 4.69) is 20.7 Å². The first-order valence-electron chi connectivity index (χ1n) is 10.1. The molecule has 31 heavy (non-hydrogen) atoms. The van der Waals surface area contributed by atoms with Crippen LogP contribution in [0.5, 0.6) is 11.5 Å². The third-order valence-corrected chi connectivity index (χ3v) is 4.59. The van der Waals surface area contributed by atoms with Crippen molar-refractivity contribution in [2.24, 2.45) is 4.99 Å². The van der Waals surface area contributed by atoms with Crippen LogP contribution in [0.25, 0.3) is 5.69 Å². The molecule has 0 saturated carbocycles. The molecule has 2 N–H and O–H groups in total. The lowest BCUT2D eigenvalue weighted by Crippen LogP contribution is -2.42. The molecule has 0 spiro atoms. The van der Waals surface area contributed by atoms with Gasteiger partial charge in [-0.3, -0.25) is 4.99 Å². The fourth-order valence-corrected chi connectivity index (χ4v) is 2.98. The van der Waals surface area contributed by atoms with E-state index in [0.29, 0.717) is 30.5 Å². The topological polar surface area (TPSA) is 72.7 Å². The van der Waals surface area contributed by atoms with Crippen molar-refractivity contribution in [2.75, 3.05) is 27.2 Å². The second-order valence-corrected chi connectivity index (χ2v) is 6.94. The zero-order chi connectivity index (χ0) is 22.1. The van der Waals surface area contributed by atoms with Crippen molar-refractivity contribution in [1.82, 2.24) is 20.4 Å². The van der Waals surface area contributed by atoms with Crippen LogP contribution < -0.4 is 20.1 Å². The number of aliphatic imine (C=N–C) groups is 1. The number of guanidine groups is 1. The molecule has 8 heteroatoms. The molecule has 0 bridgehead atoms. The Morgan fingerprint density at radius 1 is 1.10 bits per heavy atom. The minimum atomic E-state index is -0.262. The second kappa shape index (κ2) is 11.0. The van der Waals surface area contributed by atoms with Gasteiger partial charge in [0.15, 0.2) is 17.5 Å². The molecule has 0 fully saturated rings. The third kappa shape index (κ3) is 6.47. The zero-order valence-electron chi connectivity index (χ0n) is 18.0. The minimum absolute atomic E-state index is 0.0822. The van der Waals surface area contributed by atoms with Crippen LogP contribution >= 0.6 is 0 Å². The van der Waals surface area contributed by atoms with Crippen LogP contribution in [-0.2, 0) is 6.42 Å². The molecule has 0 amide bonds. The molecule has 0 aliphatic rings. The first-order chi connectivity index (χ1) is 15.1. The molecule has 7 nitrogen and oxygen atoms in total.